The molecule has 2 aliphatic heterocycles. The molecule has 2 aliphatic rings. The van der Waals surface area contributed by atoms with Crippen LogP contribution in [0.3, 0.4) is 0 Å². The van der Waals surface area contributed by atoms with Gasteiger partial charge in [-0.2, -0.15) is 0 Å². The first-order valence-electron chi connectivity index (χ1n) is 5.47. The van der Waals surface area contributed by atoms with E-state index in [9.17, 15) is 4.39 Å². The molecule has 0 spiro atoms. The summed E-state index contributed by atoms with van der Waals surface area (Å²) < 4.78 is 18.9. The second kappa shape index (κ2) is 3.60. The third kappa shape index (κ3) is 1.59. The van der Waals surface area contributed by atoms with E-state index >= 15 is 0 Å². The predicted molar refractivity (Wildman–Crippen MR) is 62.0 cm³/mol. The zero-order chi connectivity index (χ0) is 11.2. The number of nitrogens with zero attached hydrogens (tertiary/aromatic N) is 1. The van der Waals surface area contributed by atoms with Gasteiger partial charge in [0.1, 0.15) is 0 Å². The quantitative estimate of drug-likeness (QED) is 0.789. The molecule has 0 radical (unpaired) electrons. The topological polar surface area (TPSA) is 12.5 Å². The molecule has 1 aromatic rings. The Kier molecular flexibility index (Phi) is 2.33. The maximum atomic E-state index is 14.0. The van der Waals surface area contributed by atoms with Gasteiger partial charge < -0.3 is 9.64 Å². The van der Waals surface area contributed by atoms with E-state index in [1.54, 1.807) is 0 Å². The van der Waals surface area contributed by atoms with E-state index in [2.05, 4.69) is 4.90 Å². The Labute approximate surface area is 99.0 Å². The van der Waals surface area contributed by atoms with E-state index in [1.807, 2.05) is 18.2 Å². The molecule has 0 amide bonds. The number of rotatable bonds is 2. The fourth-order valence-corrected chi connectivity index (χ4v) is 2.64. The highest BCUT2D eigenvalue weighted by Gasteiger charge is 2.41. The van der Waals surface area contributed by atoms with Crippen LogP contribution >= 0.6 is 11.6 Å². The molecular formula is C12H13ClFNO. The van der Waals surface area contributed by atoms with Crippen molar-refractivity contribution >= 4 is 17.3 Å². The van der Waals surface area contributed by atoms with E-state index in [0.29, 0.717) is 6.54 Å². The summed E-state index contributed by atoms with van der Waals surface area (Å²) in [6, 6.07) is 5.82. The molecular weight excluding hydrogens is 229 g/mol. The van der Waals surface area contributed by atoms with Gasteiger partial charge in [0.05, 0.1) is 19.8 Å². The maximum Gasteiger partial charge on any atom is 0.174 e. The SMILES string of the molecule is FC1(CN2CCc3c(Cl)cccc32)COC1. The minimum Gasteiger partial charge on any atom is -0.374 e. The smallest absolute Gasteiger partial charge is 0.174 e. The highest BCUT2D eigenvalue weighted by molar-refractivity contribution is 6.31. The molecule has 1 saturated heterocycles. The van der Waals surface area contributed by atoms with Crippen LogP contribution in [0.4, 0.5) is 10.1 Å². The van der Waals surface area contributed by atoms with Crippen LogP contribution in [0.5, 0.6) is 0 Å². The highest BCUT2D eigenvalue weighted by Crippen LogP contribution is 2.35. The Hall–Kier alpha value is -0.800. The molecule has 3 rings (SSSR count). The minimum absolute atomic E-state index is 0.222. The number of ether oxygens (including phenoxy) is 1. The molecule has 16 heavy (non-hydrogen) atoms. The van der Waals surface area contributed by atoms with Crippen LogP contribution in [0.15, 0.2) is 18.2 Å². The second-order valence-corrected chi connectivity index (χ2v) is 4.96. The van der Waals surface area contributed by atoms with Crippen molar-refractivity contribution in [2.75, 3.05) is 31.2 Å². The normalized spacial score (nSPS) is 21.8. The van der Waals surface area contributed by atoms with Gasteiger partial charge in [-0.25, -0.2) is 4.39 Å². The molecule has 0 unspecified atom stereocenters. The first kappa shape index (κ1) is 10.4. The van der Waals surface area contributed by atoms with Crippen LogP contribution in [0.1, 0.15) is 5.56 Å². The highest BCUT2D eigenvalue weighted by atomic mass is 35.5. The average Bonchev–Trinajstić information content (AvgIpc) is 2.61. The summed E-state index contributed by atoms with van der Waals surface area (Å²) in [7, 11) is 0. The van der Waals surface area contributed by atoms with Gasteiger partial charge in [-0.05, 0) is 24.1 Å². The number of halogens is 2. The molecule has 2 heterocycles. The fraction of sp³-hybridized carbons (Fsp3) is 0.500. The van der Waals surface area contributed by atoms with Gasteiger partial charge in [-0.15, -0.1) is 0 Å². The molecule has 1 aromatic carbocycles. The molecule has 0 atom stereocenters. The number of anilines is 1. The number of alkyl halides is 1. The molecule has 1 fully saturated rings. The van der Waals surface area contributed by atoms with Crippen molar-refractivity contribution in [1.29, 1.82) is 0 Å². The summed E-state index contributed by atoms with van der Waals surface area (Å²) in [6.07, 6.45) is 0.909. The summed E-state index contributed by atoms with van der Waals surface area (Å²) in [5.41, 5.74) is 1.06. The van der Waals surface area contributed by atoms with Crippen LogP contribution in [0, 0.1) is 0 Å². The molecule has 4 heteroatoms. The van der Waals surface area contributed by atoms with Gasteiger partial charge in [0.2, 0.25) is 0 Å². The first-order valence-corrected chi connectivity index (χ1v) is 5.85. The van der Waals surface area contributed by atoms with Crippen LogP contribution in [-0.4, -0.2) is 32.0 Å². The summed E-state index contributed by atoms with van der Waals surface area (Å²) >= 11 is 6.11. The monoisotopic (exact) mass is 241 g/mol. The Morgan fingerprint density at radius 1 is 1.44 bits per heavy atom. The number of hydrogen-bond donors (Lipinski definition) is 0. The molecule has 0 N–H and O–H groups in total. The Balaban J connectivity index is 1.83. The van der Waals surface area contributed by atoms with Crippen molar-refractivity contribution in [1.82, 2.24) is 0 Å². The van der Waals surface area contributed by atoms with Crippen molar-refractivity contribution in [3.05, 3.63) is 28.8 Å². The molecule has 0 saturated carbocycles. The van der Waals surface area contributed by atoms with Crippen molar-refractivity contribution < 1.29 is 9.13 Å². The summed E-state index contributed by atoms with van der Waals surface area (Å²) in [5.74, 6) is 0. The van der Waals surface area contributed by atoms with Crippen LogP contribution in [-0.2, 0) is 11.2 Å². The lowest BCUT2D eigenvalue weighted by Crippen LogP contribution is -2.53. The standard InChI is InChI=1S/C12H13ClFNO/c13-10-2-1-3-11-9(10)4-5-15(11)6-12(14)7-16-8-12/h1-3H,4-8H2. The second-order valence-electron chi connectivity index (χ2n) is 4.55. The third-order valence-corrected chi connectivity index (χ3v) is 3.62. The van der Waals surface area contributed by atoms with Gasteiger partial charge >= 0.3 is 0 Å². The molecule has 86 valence electrons. The van der Waals surface area contributed by atoms with Gasteiger partial charge in [-0.1, -0.05) is 17.7 Å². The van der Waals surface area contributed by atoms with Gasteiger partial charge in [0.25, 0.3) is 0 Å². The largest absolute Gasteiger partial charge is 0.374 e. The zero-order valence-electron chi connectivity index (χ0n) is 8.88. The zero-order valence-corrected chi connectivity index (χ0v) is 9.63. The lowest BCUT2D eigenvalue weighted by Gasteiger charge is -2.37. The average molecular weight is 242 g/mol. The van der Waals surface area contributed by atoms with Crippen molar-refractivity contribution in [2.45, 2.75) is 12.1 Å². The third-order valence-electron chi connectivity index (χ3n) is 3.26. The molecule has 0 aliphatic carbocycles. The number of fused-ring (bicyclic) bond motifs is 1. The lowest BCUT2D eigenvalue weighted by molar-refractivity contribution is -0.123. The van der Waals surface area contributed by atoms with E-state index in [0.717, 1.165) is 29.2 Å². The van der Waals surface area contributed by atoms with E-state index < -0.39 is 5.67 Å². The lowest BCUT2D eigenvalue weighted by atomic mass is 10.0. The van der Waals surface area contributed by atoms with Crippen molar-refractivity contribution in [3.63, 3.8) is 0 Å². The summed E-state index contributed by atoms with van der Waals surface area (Å²) in [5, 5.41) is 0.790. The van der Waals surface area contributed by atoms with Crippen molar-refractivity contribution in [2.24, 2.45) is 0 Å². The Morgan fingerprint density at radius 3 is 2.94 bits per heavy atom. The van der Waals surface area contributed by atoms with E-state index in [-0.39, 0.29) is 13.2 Å². The Bertz CT molecular complexity index is 419. The van der Waals surface area contributed by atoms with Crippen molar-refractivity contribution in [3.8, 4) is 0 Å². The van der Waals surface area contributed by atoms with Crippen LogP contribution in [0.2, 0.25) is 5.02 Å². The number of hydrogen-bond acceptors (Lipinski definition) is 2. The van der Waals surface area contributed by atoms with E-state index in [1.165, 1.54) is 0 Å². The van der Waals surface area contributed by atoms with Crippen LogP contribution < -0.4 is 4.90 Å². The summed E-state index contributed by atoms with van der Waals surface area (Å²) in [4.78, 5) is 2.07. The molecule has 0 aromatic heterocycles. The van der Waals surface area contributed by atoms with Gasteiger partial charge in [0, 0.05) is 17.3 Å². The summed E-state index contributed by atoms with van der Waals surface area (Å²) in [6.45, 7) is 1.71. The van der Waals surface area contributed by atoms with E-state index in [4.69, 9.17) is 16.3 Å². The minimum atomic E-state index is -1.16. The Morgan fingerprint density at radius 2 is 2.25 bits per heavy atom. The van der Waals surface area contributed by atoms with Gasteiger partial charge in [-0.3, -0.25) is 0 Å². The van der Waals surface area contributed by atoms with Gasteiger partial charge in [0.15, 0.2) is 5.67 Å². The predicted octanol–water partition coefficient (Wildman–Crippen LogP) is 2.44. The number of benzene rings is 1. The molecule has 2 nitrogen and oxygen atoms in total. The van der Waals surface area contributed by atoms with Crippen LogP contribution in [0.25, 0.3) is 0 Å². The fourth-order valence-electron chi connectivity index (χ4n) is 2.38. The first-order chi connectivity index (χ1) is 7.68. The molecule has 0 bridgehead atoms. The maximum absolute atomic E-state index is 14.0.